The molecule has 1 unspecified atom stereocenters. The van der Waals surface area contributed by atoms with E-state index in [4.69, 9.17) is 5.11 Å². The van der Waals surface area contributed by atoms with E-state index < -0.39 is 10.9 Å². The van der Waals surface area contributed by atoms with Crippen LogP contribution in [0.5, 0.6) is 0 Å². The van der Waals surface area contributed by atoms with Gasteiger partial charge in [-0.1, -0.05) is 12.8 Å². The summed E-state index contributed by atoms with van der Waals surface area (Å²) in [4.78, 5) is 25.2. The molecule has 1 fully saturated rings. The van der Waals surface area contributed by atoms with Crippen LogP contribution in [0.15, 0.2) is 12.1 Å². The van der Waals surface area contributed by atoms with E-state index in [0.29, 0.717) is 5.92 Å². The van der Waals surface area contributed by atoms with Crippen molar-refractivity contribution >= 4 is 17.5 Å². The molecule has 0 bridgehead atoms. The molecule has 1 heterocycles. The molecule has 1 saturated carbocycles. The first-order valence-corrected chi connectivity index (χ1v) is 6.64. The molecule has 0 aromatic carbocycles. The molecule has 108 valence electrons. The normalized spacial score (nSPS) is 16.9. The maximum atomic E-state index is 11.0. The second kappa shape index (κ2) is 5.85. The summed E-state index contributed by atoms with van der Waals surface area (Å²) in [5, 5.41) is 22.9. The number of carboxylic acids is 1. The third-order valence-corrected chi connectivity index (χ3v) is 3.76. The van der Waals surface area contributed by atoms with E-state index in [1.165, 1.54) is 18.9 Å². The van der Waals surface area contributed by atoms with Crippen LogP contribution >= 0.6 is 0 Å². The molecule has 7 heteroatoms. The summed E-state index contributed by atoms with van der Waals surface area (Å²) < 4.78 is 0. The summed E-state index contributed by atoms with van der Waals surface area (Å²) in [6.07, 6.45) is 4.50. The second-order valence-corrected chi connectivity index (χ2v) is 5.10. The van der Waals surface area contributed by atoms with Gasteiger partial charge in [0.25, 0.3) is 0 Å². The van der Waals surface area contributed by atoms with Crippen molar-refractivity contribution in [2.75, 3.05) is 5.32 Å². The molecule has 2 rings (SSSR count). The molecule has 0 saturated heterocycles. The van der Waals surface area contributed by atoms with Crippen LogP contribution in [0.1, 0.15) is 43.1 Å². The zero-order chi connectivity index (χ0) is 14.7. The van der Waals surface area contributed by atoms with Gasteiger partial charge in [-0.15, -0.1) is 0 Å². The van der Waals surface area contributed by atoms with Crippen molar-refractivity contribution in [3.05, 3.63) is 27.9 Å². The number of nitrogens with one attached hydrogen (secondary N) is 1. The summed E-state index contributed by atoms with van der Waals surface area (Å²) >= 11 is 0. The first-order chi connectivity index (χ1) is 9.49. The van der Waals surface area contributed by atoms with Crippen molar-refractivity contribution in [2.45, 2.75) is 38.6 Å². The number of carbonyl (C=O) groups is 1. The third kappa shape index (κ3) is 3.04. The molecule has 20 heavy (non-hydrogen) atoms. The topological polar surface area (TPSA) is 105 Å². The smallest absolute Gasteiger partial charge is 0.354 e. The number of anilines is 1. The number of rotatable bonds is 5. The van der Waals surface area contributed by atoms with E-state index in [2.05, 4.69) is 10.3 Å². The minimum atomic E-state index is -1.20. The summed E-state index contributed by atoms with van der Waals surface area (Å²) in [5.41, 5.74) is -0.392. The van der Waals surface area contributed by atoms with Crippen molar-refractivity contribution in [3.63, 3.8) is 0 Å². The Kier molecular flexibility index (Phi) is 4.16. The van der Waals surface area contributed by atoms with Crippen LogP contribution in [0.25, 0.3) is 0 Å². The summed E-state index contributed by atoms with van der Waals surface area (Å²) in [7, 11) is 0. The van der Waals surface area contributed by atoms with Gasteiger partial charge >= 0.3 is 11.7 Å². The summed E-state index contributed by atoms with van der Waals surface area (Å²) in [6, 6.07) is 2.36. The minimum Gasteiger partial charge on any atom is -0.477 e. The van der Waals surface area contributed by atoms with Crippen LogP contribution in [0, 0.1) is 16.0 Å². The highest BCUT2D eigenvalue weighted by molar-refractivity contribution is 5.86. The number of nitro groups is 1. The molecule has 1 aliphatic carbocycles. The van der Waals surface area contributed by atoms with E-state index in [-0.39, 0.29) is 23.2 Å². The van der Waals surface area contributed by atoms with Crippen molar-refractivity contribution in [1.29, 1.82) is 0 Å². The van der Waals surface area contributed by atoms with Crippen LogP contribution < -0.4 is 5.32 Å². The lowest BCUT2D eigenvalue weighted by atomic mass is 10.00. The van der Waals surface area contributed by atoms with Gasteiger partial charge in [0.05, 0.1) is 4.92 Å². The van der Waals surface area contributed by atoms with Gasteiger partial charge < -0.3 is 10.4 Å². The largest absolute Gasteiger partial charge is 0.477 e. The first kappa shape index (κ1) is 14.2. The number of aromatic nitrogens is 1. The number of nitrogens with zero attached hydrogens (tertiary/aromatic N) is 2. The molecule has 1 aromatic rings. The van der Waals surface area contributed by atoms with Crippen LogP contribution in [0.3, 0.4) is 0 Å². The van der Waals surface area contributed by atoms with Gasteiger partial charge in [0.1, 0.15) is 0 Å². The van der Waals surface area contributed by atoms with Crippen molar-refractivity contribution < 1.29 is 14.8 Å². The number of hydrogen-bond donors (Lipinski definition) is 2. The van der Waals surface area contributed by atoms with E-state index >= 15 is 0 Å². The Morgan fingerprint density at radius 2 is 2.15 bits per heavy atom. The summed E-state index contributed by atoms with van der Waals surface area (Å²) in [6.45, 7) is 1.95. The maximum absolute atomic E-state index is 11.0. The monoisotopic (exact) mass is 279 g/mol. The van der Waals surface area contributed by atoms with E-state index in [1.54, 1.807) is 0 Å². The highest BCUT2D eigenvalue weighted by Crippen LogP contribution is 2.31. The molecule has 0 radical (unpaired) electrons. The van der Waals surface area contributed by atoms with Gasteiger partial charge in [-0.2, -0.15) is 0 Å². The van der Waals surface area contributed by atoms with Crippen molar-refractivity contribution in [1.82, 2.24) is 4.98 Å². The molecule has 7 nitrogen and oxygen atoms in total. The fourth-order valence-electron chi connectivity index (χ4n) is 2.62. The van der Waals surface area contributed by atoms with Crippen LogP contribution in [0.4, 0.5) is 11.5 Å². The molecule has 0 spiro atoms. The Morgan fingerprint density at radius 1 is 1.50 bits per heavy atom. The predicted molar refractivity (Wildman–Crippen MR) is 72.9 cm³/mol. The van der Waals surface area contributed by atoms with Gasteiger partial charge in [0.2, 0.25) is 5.82 Å². The zero-order valence-electron chi connectivity index (χ0n) is 11.2. The fraction of sp³-hybridized carbons (Fsp3) is 0.538. The highest BCUT2D eigenvalue weighted by atomic mass is 16.6. The quantitative estimate of drug-likeness (QED) is 0.634. The molecular weight excluding hydrogens is 262 g/mol. The number of carboxylic acid groups (broad SMARTS) is 1. The molecule has 1 aliphatic rings. The van der Waals surface area contributed by atoms with Crippen molar-refractivity contribution in [3.8, 4) is 0 Å². The standard InChI is InChI=1S/C13H17N3O4/c1-8(9-4-2-3-5-9)14-12-11(16(19)20)7-6-10(15-12)13(17)18/h6-9H,2-5H2,1H3,(H,14,15)(H,17,18). The Bertz CT molecular complexity index is 526. The molecule has 0 aliphatic heterocycles. The van der Waals surface area contributed by atoms with Crippen LogP contribution in [-0.4, -0.2) is 27.0 Å². The lowest BCUT2D eigenvalue weighted by molar-refractivity contribution is -0.384. The molecular formula is C13H17N3O4. The molecule has 1 atom stereocenters. The van der Waals surface area contributed by atoms with Crippen LogP contribution in [0.2, 0.25) is 0 Å². The van der Waals surface area contributed by atoms with Crippen molar-refractivity contribution in [2.24, 2.45) is 5.92 Å². The molecule has 1 aromatic heterocycles. The number of aromatic carboxylic acids is 1. The number of hydrogen-bond acceptors (Lipinski definition) is 5. The Morgan fingerprint density at radius 3 is 2.70 bits per heavy atom. The Balaban J connectivity index is 2.24. The van der Waals surface area contributed by atoms with Gasteiger partial charge in [-0.3, -0.25) is 10.1 Å². The predicted octanol–water partition coefficient (Wildman–Crippen LogP) is 2.68. The average molecular weight is 279 g/mol. The van der Waals surface area contributed by atoms with Gasteiger partial charge in [0, 0.05) is 12.1 Å². The van der Waals surface area contributed by atoms with Crippen LogP contribution in [-0.2, 0) is 0 Å². The van der Waals surface area contributed by atoms with E-state index in [1.807, 2.05) is 6.92 Å². The van der Waals surface area contributed by atoms with Gasteiger partial charge in [-0.25, -0.2) is 9.78 Å². The fourth-order valence-corrected chi connectivity index (χ4v) is 2.62. The van der Waals surface area contributed by atoms with E-state index in [9.17, 15) is 14.9 Å². The molecule has 2 N–H and O–H groups in total. The Hall–Kier alpha value is -2.18. The molecule has 0 amide bonds. The maximum Gasteiger partial charge on any atom is 0.354 e. The summed E-state index contributed by atoms with van der Waals surface area (Å²) in [5.74, 6) is -0.712. The second-order valence-electron chi connectivity index (χ2n) is 5.10. The average Bonchev–Trinajstić information content (AvgIpc) is 2.92. The van der Waals surface area contributed by atoms with Gasteiger partial charge in [-0.05, 0) is 31.7 Å². The lowest BCUT2D eigenvalue weighted by Gasteiger charge is -2.20. The number of pyridine rings is 1. The third-order valence-electron chi connectivity index (χ3n) is 3.76. The highest BCUT2D eigenvalue weighted by Gasteiger charge is 2.25. The van der Waals surface area contributed by atoms with E-state index in [0.717, 1.165) is 18.9 Å². The van der Waals surface area contributed by atoms with Gasteiger partial charge in [0.15, 0.2) is 5.69 Å². The SMILES string of the molecule is CC(Nc1nc(C(=O)O)ccc1[N+](=O)[O-])C1CCCC1. The Labute approximate surface area is 116 Å². The lowest BCUT2D eigenvalue weighted by Crippen LogP contribution is -2.25. The minimum absolute atomic E-state index is 0.0349. The zero-order valence-corrected chi connectivity index (χ0v) is 11.2. The first-order valence-electron chi connectivity index (χ1n) is 6.64.